The zero-order chi connectivity index (χ0) is 19.1. The summed E-state index contributed by atoms with van der Waals surface area (Å²) in [7, 11) is 0. The second-order valence-corrected chi connectivity index (χ2v) is 6.75. The molecule has 11 nitrogen and oxygen atoms in total. The zero-order valence-corrected chi connectivity index (χ0v) is 14.8. The molecule has 4 heterocycles. The third-order valence-electron chi connectivity index (χ3n) is 4.55. The first-order chi connectivity index (χ1) is 13.6. The highest BCUT2D eigenvalue weighted by Crippen LogP contribution is 2.39. The maximum Gasteiger partial charge on any atom is 0.312 e. The first-order valence-corrected chi connectivity index (χ1v) is 8.88. The predicted molar refractivity (Wildman–Crippen MR) is 96.2 cm³/mol. The molecule has 1 saturated carbocycles. The lowest BCUT2D eigenvalue weighted by molar-refractivity contribution is 0.0942. The van der Waals surface area contributed by atoms with Crippen molar-refractivity contribution in [3.8, 4) is 0 Å². The summed E-state index contributed by atoms with van der Waals surface area (Å²) >= 11 is 0. The number of aromatic nitrogens is 7. The molecular weight excluding hydrogens is 362 g/mol. The van der Waals surface area contributed by atoms with E-state index in [4.69, 9.17) is 10.2 Å². The van der Waals surface area contributed by atoms with Crippen molar-refractivity contribution in [2.75, 3.05) is 5.73 Å². The van der Waals surface area contributed by atoms with E-state index in [0.29, 0.717) is 12.5 Å². The molecule has 4 aromatic rings. The van der Waals surface area contributed by atoms with Crippen LogP contribution in [-0.2, 0) is 13.1 Å². The van der Waals surface area contributed by atoms with Crippen LogP contribution in [0.1, 0.15) is 46.4 Å². The molecule has 28 heavy (non-hydrogen) atoms. The Morgan fingerprint density at radius 3 is 2.89 bits per heavy atom. The van der Waals surface area contributed by atoms with Crippen molar-refractivity contribution in [2.45, 2.75) is 31.8 Å². The second-order valence-electron chi connectivity index (χ2n) is 6.75. The Hall–Kier alpha value is -3.76. The largest absolute Gasteiger partial charge is 0.406 e. The van der Waals surface area contributed by atoms with Gasteiger partial charge in [-0.05, 0) is 30.4 Å². The molecule has 0 spiro atoms. The van der Waals surface area contributed by atoms with Crippen molar-refractivity contribution >= 4 is 17.6 Å². The van der Waals surface area contributed by atoms with Crippen LogP contribution in [0.4, 0.5) is 6.01 Å². The quantitative estimate of drug-likeness (QED) is 0.500. The highest BCUT2D eigenvalue weighted by molar-refractivity contribution is 5.91. The van der Waals surface area contributed by atoms with E-state index >= 15 is 0 Å². The van der Waals surface area contributed by atoms with Crippen LogP contribution in [0.2, 0.25) is 0 Å². The molecule has 0 bridgehead atoms. The summed E-state index contributed by atoms with van der Waals surface area (Å²) in [5, 5.41) is 17.7. The lowest BCUT2D eigenvalue weighted by Crippen LogP contribution is -2.23. The maximum absolute atomic E-state index is 12.2. The van der Waals surface area contributed by atoms with Gasteiger partial charge < -0.3 is 19.9 Å². The SMILES string of the molecule is Nc1nnc(CNC(=O)c2cn(Cc3cn4cc(C5CC5)ccc4n3)nn2)o1. The van der Waals surface area contributed by atoms with Crippen molar-refractivity contribution in [1.82, 2.24) is 39.9 Å². The average molecular weight is 379 g/mol. The number of anilines is 1. The molecule has 3 N–H and O–H groups in total. The Morgan fingerprint density at radius 1 is 1.21 bits per heavy atom. The Balaban J connectivity index is 1.25. The van der Waals surface area contributed by atoms with Crippen molar-refractivity contribution in [2.24, 2.45) is 0 Å². The summed E-state index contributed by atoms with van der Waals surface area (Å²) in [6.45, 7) is 0.479. The van der Waals surface area contributed by atoms with Crippen molar-refractivity contribution in [1.29, 1.82) is 0 Å². The van der Waals surface area contributed by atoms with Crippen LogP contribution in [-0.4, -0.2) is 40.5 Å². The van der Waals surface area contributed by atoms with Gasteiger partial charge in [0.1, 0.15) is 5.65 Å². The van der Waals surface area contributed by atoms with Gasteiger partial charge in [-0.3, -0.25) is 4.79 Å². The van der Waals surface area contributed by atoms with Crippen LogP contribution in [0, 0.1) is 0 Å². The molecule has 1 fully saturated rings. The Kier molecular flexibility index (Phi) is 3.78. The number of hydrogen-bond acceptors (Lipinski definition) is 8. The van der Waals surface area contributed by atoms with Gasteiger partial charge in [-0.1, -0.05) is 16.4 Å². The normalized spacial score (nSPS) is 13.9. The minimum atomic E-state index is -0.396. The lowest BCUT2D eigenvalue weighted by Gasteiger charge is -1.98. The van der Waals surface area contributed by atoms with E-state index in [-0.39, 0.29) is 24.1 Å². The first-order valence-electron chi connectivity index (χ1n) is 8.88. The molecule has 4 aromatic heterocycles. The summed E-state index contributed by atoms with van der Waals surface area (Å²) in [6, 6.07) is 4.12. The maximum atomic E-state index is 12.2. The van der Waals surface area contributed by atoms with Crippen LogP contribution < -0.4 is 11.1 Å². The van der Waals surface area contributed by atoms with Crippen molar-refractivity contribution in [3.05, 3.63) is 53.6 Å². The summed E-state index contributed by atoms with van der Waals surface area (Å²) in [5.41, 5.74) is 8.60. The molecule has 0 unspecified atom stereocenters. The number of nitrogen functional groups attached to an aromatic ring is 1. The highest BCUT2D eigenvalue weighted by Gasteiger charge is 2.23. The fourth-order valence-corrected chi connectivity index (χ4v) is 3.03. The highest BCUT2D eigenvalue weighted by atomic mass is 16.4. The van der Waals surface area contributed by atoms with E-state index in [1.54, 1.807) is 10.9 Å². The Bertz CT molecular complexity index is 1150. The molecule has 11 heteroatoms. The molecule has 0 saturated heterocycles. The van der Waals surface area contributed by atoms with Gasteiger partial charge in [0.2, 0.25) is 5.89 Å². The fourth-order valence-electron chi connectivity index (χ4n) is 3.03. The number of carbonyl (C=O) groups excluding carboxylic acids is 1. The number of pyridine rings is 1. The number of carbonyl (C=O) groups is 1. The van der Waals surface area contributed by atoms with E-state index in [2.05, 4.69) is 43.1 Å². The molecule has 0 atom stereocenters. The molecule has 0 radical (unpaired) electrons. The molecule has 0 aromatic carbocycles. The number of nitrogens with two attached hydrogens (primary N) is 1. The van der Waals surface area contributed by atoms with Gasteiger partial charge in [-0.2, -0.15) is 0 Å². The number of nitrogens with zero attached hydrogens (tertiary/aromatic N) is 7. The Labute approximate surface area is 158 Å². The minimum Gasteiger partial charge on any atom is -0.406 e. The number of amides is 1. The van der Waals surface area contributed by atoms with Gasteiger partial charge in [0.05, 0.1) is 25.0 Å². The van der Waals surface area contributed by atoms with E-state index in [1.807, 2.05) is 16.7 Å². The molecule has 0 aliphatic heterocycles. The smallest absolute Gasteiger partial charge is 0.312 e. The third-order valence-corrected chi connectivity index (χ3v) is 4.55. The van der Waals surface area contributed by atoms with Crippen LogP contribution in [0.3, 0.4) is 0 Å². The van der Waals surface area contributed by atoms with E-state index in [0.717, 1.165) is 11.3 Å². The van der Waals surface area contributed by atoms with E-state index in [9.17, 15) is 4.79 Å². The molecule has 1 aliphatic carbocycles. The average Bonchev–Trinajstić information content (AvgIpc) is 3.09. The summed E-state index contributed by atoms with van der Waals surface area (Å²) in [4.78, 5) is 16.8. The molecule has 1 amide bonds. The molecule has 5 rings (SSSR count). The van der Waals surface area contributed by atoms with E-state index < -0.39 is 5.91 Å². The topological polar surface area (TPSA) is 142 Å². The number of rotatable bonds is 6. The van der Waals surface area contributed by atoms with Crippen LogP contribution >= 0.6 is 0 Å². The number of fused-ring (bicyclic) bond motifs is 1. The van der Waals surface area contributed by atoms with Crippen LogP contribution in [0.15, 0.2) is 35.1 Å². The minimum absolute atomic E-state index is 0.0492. The van der Waals surface area contributed by atoms with Gasteiger partial charge in [-0.25, -0.2) is 9.67 Å². The van der Waals surface area contributed by atoms with Gasteiger partial charge in [0.15, 0.2) is 5.69 Å². The fraction of sp³-hybridized carbons (Fsp3) is 0.294. The summed E-state index contributed by atoms with van der Waals surface area (Å²) in [6.07, 6.45) is 8.20. The molecular formula is C17H17N9O2. The van der Waals surface area contributed by atoms with E-state index in [1.165, 1.54) is 18.4 Å². The zero-order valence-electron chi connectivity index (χ0n) is 14.8. The van der Waals surface area contributed by atoms with Gasteiger partial charge >= 0.3 is 6.01 Å². The van der Waals surface area contributed by atoms with Crippen molar-refractivity contribution < 1.29 is 9.21 Å². The van der Waals surface area contributed by atoms with Crippen LogP contribution in [0.25, 0.3) is 5.65 Å². The predicted octanol–water partition coefficient (Wildman–Crippen LogP) is 0.747. The van der Waals surface area contributed by atoms with Crippen molar-refractivity contribution in [3.63, 3.8) is 0 Å². The van der Waals surface area contributed by atoms with Gasteiger partial charge in [0, 0.05) is 12.4 Å². The van der Waals surface area contributed by atoms with Gasteiger partial charge in [-0.15, -0.1) is 10.2 Å². The second kappa shape index (κ2) is 6.44. The van der Waals surface area contributed by atoms with Crippen LogP contribution in [0.5, 0.6) is 0 Å². The Morgan fingerprint density at radius 2 is 2.11 bits per heavy atom. The lowest BCUT2D eigenvalue weighted by atomic mass is 10.2. The number of hydrogen-bond donors (Lipinski definition) is 2. The standard InChI is InChI=1S/C17H17N9O2/c18-17-23-22-15(28-17)5-19-16(27)13-9-26(24-21-13)8-12-7-25-6-11(10-1-2-10)3-4-14(25)20-12/h3-4,6-7,9-10H,1-2,5,8H2,(H2,18,23)(H,19,27). The number of nitrogens with one attached hydrogen (secondary N) is 1. The summed E-state index contributed by atoms with van der Waals surface area (Å²) < 4.78 is 8.60. The first kappa shape index (κ1) is 16.4. The third kappa shape index (κ3) is 3.29. The number of imidazole rings is 1. The molecule has 142 valence electrons. The monoisotopic (exact) mass is 379 g/mol. The molecule has 1 aliphatic rings. The van der Waals surface area contributed by atoms with Gasteiger partial charge in [0.25, 0.3) is 5.91 Å². The summed E-state index contributed by atoms with van der Waals surface area (Å²) in [5.74, 6) is 0.510.